The summed E-state index contributed by atoms with van der Waals surface area (Å²) in [6.45, 7) is 3.18. The van der Waals surface area contributed by atoms with Gasteiger partial charge in [0.2, 0.25) is 0 Å². The molecule has 5 rings (SSSR count). The van der Waals surface area contributed by atoms with Crippen LogP contribution in [0.3, 0.4) is 0 Å². The van der Waals surface area contributed by atoms with E-state index >= 15 is 0 Å². The number of nitriles is 1. The van der Waals surface area contributed by atoms with Gasteiger partial charge in [-0.15, -0.1) is 0 Å². The maximum absolute atomic E-state index is 9.39. The van der Waals surface area contributed by atoms with E-state index in [1.165, 1.54) is 6.33 Å². The summed E-state index contributed by atoms with van der Waals surface area (Å²) in [6, 6.07) is 19.8. The van der Waals surface area contributed by atoms with Crippen LogP contribution in [0.5, 0.6) is 0 Å². The lowest BCUT2D eigenvalue weighted by Gasteiger charge is -2.13. The fourth-order valence-corrected chi connectivity index (χ4v) is 4.39. The number of rotatable bonds is 6. The predicted molar refractivity (Wildman–Crippen MR) is 133 cm³/mol. The molecule has 0 spiro atoms. The molecule has 9 heteroatoms. The van der Waals surface area contributed by atoms with Crippen molar-refractivity contribution in [3.05, 3.63) is 89.8 Å². The van der Waals surface area contributed by atoms with Gasteiger partial charge in [0.25, 0.3) is 0 Å². The Morgan fingerprint density at radius 3 is 2.79 bits per heavy atom. The van der Waals surface area contributed by atoms with Crippen molar-refractivity contribution < 1.29 is 0 Å². The summed E-state index contributed by atoms with van der Waals surface area (Å²) in [5.74, 6) is 0.811. The highest BCUT2D eigenvalue weighted by Crippen LogP contribution is 2.30. The largest absolute Gasteiger partial charge is 0.339 e. The zero-order valence-corrected chi connectivity index (χ0v) is 19.9. The number of aromatic amines is 1. The topological polar surface area (TPSA) is 98.8 Å². The Kier molecular flexibility index (Phi) is 5.85. The zero-order chi connectivity index (χ0) is 22.8. The van der Waals surface area contributed by atoms with Crippen LogP contribution >= 0.6 is 22.9 Å². The first kappa shape index (κ1) is 21.2. The van der Waals surface area contributed by atoms with Gasteiger partial charge in [-0.2, -0.15) is 10.4 Å². The predicted octanol–water partition coefficient (Wildman–Crippen LogP) is 4.71. The lowest BCUT2D eigenvalue weighted by molar-refractivity contribution is 0.489. The van der Waals surface area contributed by atoms with Gasteiger partial charge < -0.3 is 4.98 Å². The van der Waals surface area contributed by atoms with Crippen LogP contribution in [0.4, 0.5) is 0 Å². The van der Waals surface area contributed by atoms with Crippen molar-refractivity contribution in [2.24, 2.45) is 0 Å². The fourth-order valence-electron chi connectivity index (χ4n) is 3.70. The smallest absolute Gasteiger partial charge is 0.155 e. The molecule has 0 fully saturated rings. The highest BCUT2D eigenvalue weighted by molar-refractivity contribution is 14.1. The quantitative estimate of drug-likeness (QED) is 0.245. The Balaban J connectivity index is 1.50. The molecule has 0 aliphatic heterocycles. The van der Waals surface area contributed by atoms with E-state index in [0.29, 0.717) is 18.7 Å². The molecular formula is C24H19IN8. The summed E-state index contributed by atoms with van der Waals surface area (Å²) >= 11 is 2.27. The third kappa shape index (κ3) is 4.48. The Morgan fingerprint density at radius 2 is 1.94 bits per heavy atom. The second-order valence-corrected chi connectivity index (χ2v) is 8.96. The highest BCUT2D eigenvalue weighted by atomic mass is 127. The van der Waals surface area contributed by atoms with Crippen molar-refractivity contribution in [1.82, 2.24) is 32.7 Å². The molecule has 162 valence electrons. The van der Waals surface area contributed by atoms with Crippen LogP contribution in [0.15, 0.2) is 67.1 Å². The number of imidazole rings is 1. The second-order valence-electron chi connectivity index (χ2n) is 7.60. The fraction of sp³-hybridized carbons (Fsp3) is 0.125. The zero-order valence-electron chi connectivity index (χ0n) is 17.8. The van der Waals surface area contributed by atoms with Crippen molar-refractivity contribution in [2.45, 2.75) is 20.0 Å². The molecule has 0 bridgehead atoms. The molecule has 0 saturated heterocycles. The number of halogens is 1. The van der Waals surface area contributed by atoms with Crippen molar-refractivity contribution in [1.29, 1.82) is 5.26 Å². The van der Waals surface area contributed by atoms with Crippen molar-refractivity contribution in [2.75, 3.05) is 0 Å². The van der Waals surface area contributed by atoms with E-state index in [4.69, 9.17) is 9.97 Å². The minimum atomic E-state index is 0.574. The normalized spacial score (nSPS) is 11.2. The van der Waals surface area contributed by atoms with E-state index < -0.39 is 0 Å². The molecule has 1 aromatic carbocycles. The maximum atomic E-state index is 9.39. The van der Waals surface area contributed by atoms with E-state index in [2.05, 4.69) is 47.1 Å². The monoisotopic (exact) mass is 546 g/mol. The molecule has 4 heterocycles. The second kappa shape index (κ2) is 9.09. The molecule has 4 aromatic heterocycles. The maximum Gasteiger partial charge on any atom is 0.155 e. The number of fused-ring (bicyclic) bond motifs is 1. The van der Waals surface area contributed by atoms with Gasteiger partial charge in [-0.3, -0.25) is 4.98 Å². The van der Waals surface area contributed by atoms with Crippen LogP contribution in [0, 0.1) is 18.3 Å². The standard InChI is InChI=1S/C24H19IN8/c1-16-5-4-8-20(29-16)24-23(19-9-10-22-27-15-28-33(22)13-19)30-21(31-24)14-32(25)12-18-7-3-2-6-17(18)11-26/h2-10,13,15H,12,14H2,1H3,(H,30,31). The van der Waals surface area contributed by atoms with E-state index in [1.807, 2.05) is 67.7 Å². The summed E-state index contributed by atoms with van der Waals surface area (Å²) < 4.78 is 3.84. The lowest BCUT2D eigenvalue weighted by atomic mass is 10.1. The Morgan fingerprint density at radius 1 is 1.06 bits per heavy atom. The first-order valence-electron chi connectivity index (χ1n) is 10.3. The van der Waals surface area contributed by atoms with E-state index in [-0.39, 0.29) is 0 Å². The summed E-state index contributed by atoms with van der Waals surface area (Å²) in [7, 11) is 0. The molecule has 5 aromatic rings. The number of pyridine rings is 2. The van der Waals surface area contributed by atoms with E-state index in [1.54, 1.807) is 4.52 Å². The van der Waals surface area contributed by atoms with Gasteiger partial charge in [0, 0.05) is 46.9 Å². The van der Waals surface area contributed by atoms with Gasteiger partial charge in [-0.05, 0) is 42.8 Å². The summed E-state index contributed by atoms with van der Waals surface area (Å²) in [6.07, 6.45) is 3.46. The molecule has 0 atom stereocenters. The summed E-state index contributed by atoms with van der Waals surface area (Å²) in [4.78, 5) is 17.3. The Labute approximate surface area is 204 Å². The van der Waals surface area contributed by atoms with Crippen LogP contribution in [0.1, 0.15) is 22.6 Å². The van der Waals surface area contributed by atoms with Crippen LogP contribution in [-0.4, -0.2) is 32.7 Å². The first-order chi connectivity index (χ1) is 16.1. The molecule has 0 radical (unpaired) electrons. The number of nitrogens with one attached hydrogen (secondary N) is 1. The van der Waals surface area contributed by atoms with Gasteiger partial charge in [-0.25, -0.2) is 17.6 Å². The molecular weight excluding hydrogens is 527 g/mol. The number of benzene rings is 1. The number of hydrogen-bond donors (Lipinski definition) is 1. The van der Waals surface area contributed by atoms with Crippen molar-refractivity contribution >= 4 is 28.5 Å². The average molecular weight is 546 g/mol. The Hall–Kier alpha value is -3.62. The van der Waals surface area contributed by atoms with Gasteiger partial charge in [0.15, 0.2) is 5.65 Å². The molecule has 0 saturated carbocycles. The van der Waals surface area contributed by atoms with E-state index in [0.717, 1.165) is 45.4 Å². The van der Waals surface area contributed by atoms with Crippen LogP contribution in [0.25, 0.3) is 28.3 Å². The molecule has 33 heavy (non-hydrogen) atoms. The average Bonchev–Trinajstić information content (AvgIpc) is 3.46. The first-order valence-corrected chi connectivity index (χ1v) is 11.3. The molecule has 1 N–H and O–H groups in total. The summed E-state index contributed by atoms with van der Waals surface area (Å²) in [5.41, 5.74) is 6.80. The van der Waals surface area contributed by atoms with E-state index in [9.17, 15) is 5.26 Å². The molecule has 0 aliphatic carbocycles. The van der Waals surface area contributed by atoms with Crippen LogP contribution in [-0.2, 0) is 13.1 Å². The van der Waals surface area contributed by atoms with Crippen LogP contribution < -0.4 is 0 Å². The molecule has 0 aliphatic rings. The number of H-pyrrole nitrogens is 1. The van der Waals surface area contributed by atoms with Crippen molar-refractivity contribution in [3.8, 4) is 28.7 Å². The number of aromatic nitrogens is 6. The molecule has 0 unspecified atom stereocenters. The summed E-state index contributed by atoms with van der Waals surface area (Å²) in [5, 5.41) is 13.6. The minimum Gasteiger partial charge on any atom is -0.339 e. The lowest BCUT2D eigenvalue weighted by Crippen LogP contribution is -2.12. The number of hydrogen-bond acceptors (Lipinski definition) is 6. The molecule has 8 nitrogen and oxygen atoms in total. The van der Waals surface area contributed by atoms with Gasteiger partial charge >= 0.3 is 0 Å². The third-order valence-corrected chi connectivity index (χ3v) is 5.93. The van der Waals surface area contributed by atoms with Gasteiger partial charge in [0.1, 0.15) is 12.2 Å². The third-order valence-electron chi connectivity index (χ3n) is 5.25. The number of aryl methyl sites for hydroxylation is 1. The minimum absolute atomic E-state index is 0.574. The number of nitrogens with zero attached hydrogens (tertiary/aromatic N) is 7. The Bertz CT molecular complexity index is 1480. The van der Waals surface area contributed by atoms with Gasteiger partial charge in [-0.1, -0.05) is 24.3 Å². The van der Waals surface area contributed by atoms with Crippen LogP contribution in [0.2, 0.25) is 0 Å². The van der Waals surface area contributed by atoms with Gasteiger partial charge in [0.05, 0.1) is 35.3 Å². The SMILES string of the molecule is Cc1cccc(-c2[nH]c(CN(I)Cc3ccccc3C#N)nc2-c2ccc3ncnn3c2)n1. The molecule has 0 amide bonds. The highest BCUT2D eigenvalue weighted by Gasteiger charge is 2.18. The van der Waals surface area contributed by atoms with Crippen molar-refractivity contribution in [3.63, 3.8) is 0 Å².